The van der Waals surface area contributed by atoms with Gasteiger partial charge >= 0.3 is 6.03 Å². The Morgan fingerprint density at radius 1 is 0.848 bits per heavy atom. The van der Waals surface area contributed by atoms with Crippen LogP contribution >= 0.6 is 15.9 Å². The van der Waals surface area contributed by atoms with Crippen molar-refractivity contribution >= 4 is 44.8 Å². The highest BCUT2D eigenvalue weighted by Gasteiger charge is 2.34. The van der Waals surface area contributed by atoms with Crippen molar-refractivity contribution in [3.8, 4) is 0 Å². The van der Waals surface area contributed by atoms with Crippen LogP contribution in [0.1, 0.15) is 22.4 Å². The number of amides is 3. The predicted molar refractivity (Wildman–Crippen MR) is 133 cm³/mol. The Hall–Kier alpha value is -3.64. The fourth-order valence-electron chi connectivity index (χ4n) is 4.24. The maximum atomic E-state index is 13.1. The fraction of sp³-hybridized carbons (Fsp3) is 0.111. The number of fused-ring (bicyclic) bond motifs is 1. The fourth-order valence-corrected chi connectivity index (χ4v) is 4.51. The van der Waals surface area contributed by atoms with E-state index in [9.17, 15) is 9.59 Å². The van der Waals surface area contributed by atoms with Gasteiger partial charge in [-0.1, -0.05) is 76.6 Å². The number of urea groups is 1. The van der Waals surface area contributed by atoms with Crippen molar-refractivity contribution in [2.45, 2.75) is 20.0 Å². The number of rotatable bonds is 5. The van der Waals surface area contributed by atoms with E-state index >= 15 is 0 Å². The molecule has 6 heteroatoms. The summed E-state index contributed by atoms with van der Waals surface area (Å²) in [5.41, 5.74) is 5.46. The molecule has 2 heterocycles. The molecule has 0 unspecified atom stereocenters. The highest BCUT2D eigenvalue weighted by molar-refractivity contribution is 9.10. The maximum absolute atomic E-state index is 13.1. The second-order valence-electron chi connectivity index (χ2n) is 8.09. The lowest BCUT2D eigenvalue weighted by Gasteiger charge is -2.11. The van der Waals surface area contributed by atoms with Crippen molar-refractivity contribution in [2.24, 2.45) is 0 Å². The second kappa shape index (κ2) is 8.71. The van der Waals surface area contributed by atoms with E-state index < -0.39 is 6.03 Å². The number of aromatic nitrogens is 1. The molecule has 33 heavy (non-hydrogen) atoms. The van der Waals surface area contributed by atoms with Crippen molar-refractivity contribution in [3.05, 3.63) is 111 Å². The average Bonchev–Trinajstić information content (AvgIpc) is 3.24. The number of nitrogens with zero attached hydrogens (tertiary/aromatic N) is 2. The molecule has 5 nitrogen and oxygen atoms in total. The summed E-state index contributed by atoms with van der Waals surface area (Å²) in [6.07, 6.45) is 1.81. The van der Waals surface area contributed by atoms with Gasteiger partial charge in [0.05, 0.1) is 6.54 Å². The molecule has 3 aromatic carbocycles. The minimum Gasteiger partial charge on any atom is -0.340 e. The Bertz CT molecular complexity index is 1390. The zero-order valence-electron chi connectivity index (χ0n) is 18.1. The van der Waals surface area contributed by atoms with Gasteiger partial charge in [-0.3, -0.25) is 9.69 Å². The van der Waals surface area contributed by atoms with Gasteiger partial charge in [-0.05, 0) is 42.3 Å². The van der Waals surface area contributed by atoms with E-state index in [1.165, 1.54) is 10.5 Å². The first kappa shape index (κ1) is 21.2. The summed E-state index contributed by atoms with van der Waals surface area (Å²) >= 11 is 3.41. The molecule has 1 aliphatic heterocycles. The van der Waals surface area contributed by atoms with Crippen LogP contribution in [0.25, 0.3) is 17.0 Å². The zero-order chi connectivity index (χ0) is 22.9. The van der Waals surface area contributed by atoms with E-state index in [0.29, 0.717) is 5.70 Å². The number of para-hydroxylation sites is 1. The third-order valence-electron chi connectivity index (χ3n) is 5.97. The molecule has 164 valence electrons. The van der Waals surface area contributed by atoms with E-state index in [1.807, 2.05) is 54.6 Å². The summed E-state index contributed by atoms with van der Waals surface area (Å²) < 4.78 is 3.20. The zero-order valence-corrected chi connectivity index (χ0v) is 19.7. The molecule has 0 radical (unpaired) electrons. The molecule has 4 aromatic rings. The van der Waals surface area contributed by atoms with Gasteiger partial charge in [0, 0.05) is 33.2 Å². The Morgan fingerprint density at radius 3 is 2.27 bits per heavy atom. The first-order chi connectivity index (χ1) is 16.0. The van der Waals surface area contributed by atoms with Crippen molar-refractivity contribution < 1.29 is 9.59 Å². The number of nitrogens with one attached hydrogen (secondary N) is 1. The summed E-state index contributed by atoms with van der Waals surface area (Å²) in [7, 11) is 0. The Balaban J connectivity index is 1.50. The highest BCUT2D eigenvalue weighted by atomic mass is 79.9. The van der Waals surface area contributed by atoms with Crippen LogP contribution in [0.4, 0.5) is 4.79 Å². The largest absolute Gasteiger partial charge is 0.340 e. The first-order valence-corrected chi connectivity index (χ1v) is 11.5. The molecule has 5 rings (SSSR count). The number of carbonyl (C=O) groups excluding carboxylic acids is 2. The SMILES string of the molecule is Cc1c(/C=C2/NC(=O)N(Cc3ccc(Br)cc3)C2=O)c2ccccc2n1Cc1ccccc1. The Morgan fingerprint density at radius 2 is 1.52 bits per heavy atom. The molecule has 1 saturated heterocycles. The van der Waals surface area contributed by atoms with E-state index in [2.05, 4.69) is 57.0 Å². The van der Waals surface area contributed by atoms with E-state index in [0.717, 1.165) is 38.7 Å². The molecule has 1 aromatic heterocycles. The molecule has 1 N–H and O–H groups in total. The molecule has 1 fully saturated rings. The third-order valence-corrected chi connectivity index (χ3v) is 6.50. The standard InChI is InChI=1S/C27H22BrN3O2/c1-18-23(22-9-5-6-10-25(22)30(18)16-19-7-3-2-4-8-19)15-24-26(32)31(27(33)29-24)17-20-11-13-21(28)14-12-20/h2-15H,16-17H2,1H3,(H,29,33)/b24-15+. The van der Waals surface area contributed by atoms with Gasteiger partial charge in [0.2, 0.25) is 0 Å². The summed E-state index contributed by atoms with van der Waals surface area (Å²) in [6, 6.07) is 25.6. The predicted octanol–water partition coefficient (Wildman–Crippen LogP) is 5.85. The van der Waals surface area contributed by atoms with E-state index in [4.69, 9.17) is 0 Å². The van der Waals surface area contributed by atoms with Gasteiger partial charge in [-0.15, -0.1) is 0 Å². The van der Waals surface area contributed by atoms with Gasteiger partial charge in [0.25, 0.3) is 5.91 Å². The van der Waals surface area contributed by atoms with Gasteiger partial charge < -0.3 is 9.88 Å². The second-order valence-corrected chi connectivity index (χ2v) is 9.01. The normalized spacial score (nSPS) is 15.0. The lowest BCUT2D eigenvalue weighted by molar-refractivity contribution is -0.123. The van der Waals surface area contributed by atoms with Crippen molar-refractivity contribution in [1.82, 2.24) is 14.8 Å². The molecule has 1 aliphatic rings. The van der Waals surface area contributed by atoms with E-state index in [1.54, 1.807) is 6.08 Å². The lowest BCUT2D eigenvalue weighted by Crippen LogP contribution is -2.30. The van der Waals surface area contributed by atoms with Crippen molar-refractivity contribution in [1.29, 1.82) is 0 Å². The lowest BCUT2D eigenvalue weighted by atomic mass is 10.1. The van der Waals surface area contributed by atoms with Gasteiger partial charge in [0.1, 0.15) is 5.70 Å². The van der Waals surface area contributed by atoms with Crippen LogP contribution in [0, 0.1) is 6.92 Å². The average molecular weight is 500 g/mol. The number of imide groups is 1. The number of halogens is 1. The van der Waals surface area contributed by atoms with Gasteiger partial charge in [-0.25, -0.2) is 4.79 Å². The Labute approximate surface area is 200 Å². The summed E-state index contributed by atoms with van der Waals surface area (Å²) in [5.74, 6) is -0.317. The van der Waals surface area contributed by atoms with Crippen LogP contribution in [0.2, 0.25) is 0 Å². The molecule has 0 bridgehead atoms. The Kier molecular flexibility index (Phi) is 5.60. The molecular formula is C27H22BrN3O2. The van der Waals surface area contributed by atoms with Crippen LogP contribution in [0.5, 0.6) is 0 Å². The highest BCUT2D eigenvalue weighted by Crippen LogP contribution is 2.29. The monoisotopic (exact) mass is 499 g/mol. The number of hydrogen-bond acceptors (Lipinski definition) is 2. The summed E-state index contributed by atoms with van der Waals surface area (Å²) in [5, 5.41) is 3.81. The van der Waals surface area contributed by atoms with Crippen LogP contribution in [0.3, 0.4) is 0 Å². The minimum absolute atomic E-state index is 0.226. The first-order valence-electron chi connectivity index (χ1n) is 10.7. The van der Waals surface area contributed by atoms with E-state index in [-0.39, 0.29) is 12.5 Å². The van der Waals surface area contributed by atoms with Gasteiger partial charge in [0.15, 0.2) is 0 Å². The van der Waals surface area contributed by atoms with Gasteiger partial charge in [-0.2, -0.15) is 0 Å². The number of carbonyl (C=O) groups is 2. The van der Waals surface area contributed by atoms with Crippen LogP contribution < -0.4 is 5.32 Å². The summed E-state index contributed by atoms with van der Waals surface area (Å²) in [6.45, 7) is 3.01. The molecule has 0 atom stereocenters. The van der Waals surface area contributed by atoms with Crippen molar-refractivity contribution in [3.63, 3.8) is 0 Å². The minimum atomic E-state index is -0.403. The topological polar surface area (TPSA) is 54.3 Å². The van der Waals surface area contributed by atoms with Crippen molar-refractivity contribution in [2.75, 3.05) is 0 Å². The number of benzene rings is 3. The van der Waals surface area contributed by atoms with Crippen LogP contribution in [0.15, 0.2) is 89.0 Å². The molecule has 0 saturated carbocycles. The van der Waals surface area contributed by atoms with Crippen LogP contribution in [-0.2, 0) is 17.9 Å². The quantitative estimate of drug-likeness (QED) is 0.276. The number of hydrogen-bond donors (Lipinski definition) is 1. The summed E-state index contributed by atoms with van der Waals surface area (Å²) in [4.78, 5) is 26.9. The molecule has 3 amide bonds. The molecule has 0 aliphatic carbocycles. The van der Waals surface area contributed by atoms with Crippen LogP contribution in [-0.4, -0.2) is 21.4 Å². The molecular weight excluding hydrogens is 478 g/mol. The smallest absolute Gasteiger partial charge is 0.329 e. The maximum Gasteiger partial charge on any atom is 0.329 e. The third kappa shape index (κ3) is 4.10. The molecule has 0 spiro atoms.